The first-order chi connectivity index (χ1) is 20.0. The number of rotatable bonds is 10. The maximum atomic E-state index is 13.4. The van der Waals surface area contributed by atoms with Crippen molar-refractivity contribution in [1.29, 1.82) is 0 Å². The Labute approximate surface area is 250 Å². The van der Waals surface area contributed by atoms with Gasteiger partial charge in [-0.15, -0.1) is 23.1 Å². The maximum absolute atomic E-state index is 13.4. The summed E-state index contributed by atoms with van der Waals surface area (Å²) in [7, 11) is 1.33. The van der Waals surface area contributed by atoms with E-state index in [0.29, 0.717) is 33.5 Å². The minimum absolute atomic E-state index is 0.189. The highest BCUT2D eigenvalue weighted by molar-refractivity contribution is 8.00. The SMILES string of the molecule is CCC(Sc1cccc(NC(=O)c2ccc(C(=O)O)cc2C(=O)O)c1)C(=O)Nc1sc2c(c1C(=O)OC)CCC(C)C2. The number of hydrogen-bond acceptors (Lipinski definition) is 8. The van der Waals surface area contributed by atoms with E-state index in [2.05, 4.69) is 17.6 Å². The summed E-state index contributed by atoms with van der Waals surface area (Å²) in [5.74, 6) is -3.69. The minimum atomic E-state index is -1.43. The molecule has 0 bridgehead atoms. The number of hydrogen-bond donors (Lipinski definition) is 4. The third kappa shape index (κ3) is 6.82. The Balaban J connectivity index is 1.50. The lowest BCUT2D eigenvalue weighted by atomic mass is 9.88. The molecule has 1 aromatic heterocycles. The average Bonchev–Trinajstić information content (AvgIpc) is 3.31. The van der Waals surface area contributed by atoms with Crippen LogP contribution >= 0.6 is 23.1 Å². The lowest BCUT2D eigenvalue weighted by Crippen LogP contribution is -2.25. The van der Waals surface area contributed by atoms with Crippen LogP contribution in [0.15, 0.2) is 47.4 Å². The molecule has 4 rings (SSSR count). The Morgan fingerprint density at radius 1 is 1.05 bits per heavy atom. The molecule has 10 nitrogen and oxygen atoms in total. The van der Waals surface area contributed by atoms with Crippen LogP contribution in [-0.4, -0.2) is 52.3 Å². The van der Waals surface area contributed by atoms with E-state index in [0.717, 1.165) is 47.9 Å². The summed E-state index contributed by atoms with van der Waals surface area (Å²) in [5.41, 5.74) is 0.879. The van der Waals surface area contributed by atoms with Crippen LogP contribution in [0.3, 0.4) is 0 Å². The summed E-state index contributed by atoms with van der Waals surface area (Å²) in [5, 5.41) is 24.2. The number of methoxy groups -OCH3 is 1. The third-order valence-electron chi connectivity index (χ3n) is 6.91. The number of thiophene rings is 1. The van der Waals surface area contributed by atoms with Crippen LogP contribution in [0, 0.1) is 5.92 Å². The van der Waals surface area contributed by atoms with Gasteiger partial charge in [0, 0.05) is 15.5 Å². The Hall–Kier alpha value is -4.16. The molecule has 12 heteroatoms. The molecule has 2 aromatic carbocycles. The highest BCUT2D eigenvalue weighted by atomic mass is 32.2. The molecule has 0 fully saturated rings. The zero-order valence-corrected chi connectivity index (χ0v) is 24.8. The van der Waals surface area contributed by atoms with E-state index in [4.69, 9.17) is 9.84 Å². The summed E-state index contributed by atoms with van der Waals surface area (Å²) in [6, 6.07) is 10.0. The van der Waals surface area contributed by atoms with E-state index >= 15 is 0 Å². The number of esters is 1. The first-order valence-corrected chi connectivity index (χ1v) is 14.9. The summed E-state index contributed by atoms with van der Waals surface area (Å²) < 4.78 is 5.02. The van der Waals surface area contributed by atoms with Crippen molar-refractivity contribution in [2.24, 2.45) is 5.92 Å². The molecule has 1 heterocycles. The molecular weight excluding hydrogens is 580 g/mol. The van der Waals surface area contributed by atoms with Gasteiger partial charge in [0.25, 0.3) is 5.91 Å². The number of carbonyl (C=O) groups is 5. The fourth-order valence-electron chi connectivity index (χ4n) is 4.73. The molecule has 42 heavy (non-hydrogen) atoms. The normalized spacial score (nSPS) is 14.8. The standard InChI is InChI=1S/C30H30N2O8S2/c1-4-22(26(34)32-27-24(30(39)40-3)20-10-8-15(2)12-23(20)42-27)41-18-7-5-6-17(14-18)31-25(33)19-11-9-16(28(35)36)13-21(19)29(37)38/h5-7,9,11,13-15,22H,4,8,10,12H2,1-3H3,(H,31,33)(H,32,34)(H,35,36)(H,37,38). The predicted molar refractivity (Wildman–Crippen MR) is 160 cm³/mol. The second-order valence-electron chi connectivity index (χ2n) is 9.90. The highest BCUT2D eigenvalue weighted by Crippen LogP contribution is 2.40. The van der Waals surface area contributed by atoms with Crippen molar-refractivity contribution >= 4 is 63.5 Å². The number of anilines is 2. The van der Waals surface area contributed by atoms with E-state index in [-0.39, 0.29) is 17.0 Å². The second-order valence-corrected chi connectivity index (χ2v) is 12.3. The number of carboxylic acids is 2. The zero-order valence-electron chi connectivity index (χ0n) is 23.2. The second kappa shape index (κ2) is 13.2. The molecule has 1 aliphatic rings. The summed E-state index contributed by atoms with van der Waals surface area (Å²) in [6.45, 7) is 4.04. The van der Waals surface area contributed by atoms with Gasteiger partial charge in [0.05, 0.1) is 34.6 Å². The summed E-state index contributed by atoms with van der Waals surface area (Å²) >= 11 is 2.71. The number of nitrogens with one attached hydrogen (secondary N) is 2. The van der Waals surface area contributed by atoms with Gasteiger partial charge in [-0.2, -0.15) is 0 Å². The van der Waals surface area contributed by atoms with Crippen LogP contribution in [0.25, 0.3) is 0 Å². The van der Waals surface area contributed by atoms with Gasteiger partial charge in [0.15, 0.2) is 0 Å². The van der Waals surface area contributed by atoms with E-state index in [1.54, 1.807) is 24.3 Å². The Morgan fingerprint density at radius 3 is 2.48 bits per heavy atom. The number of aromatic carboxylic acids is 2. The lowest BCUT2D eigenvalue weighted by molar-refractivity contribution is -0.115. The molecule has 0 saturated carbocycles. The molecule has 0 saturated heterocycles. The van der Waals surface area contributed by atoms with Gasteiger partial charge in [0.2, 0.25) is 5.91 Å². The Morgan fingerprint density at radius 2 is 1.81 bits per heavy atom. The van der Waals surface area contributed by atoms with Crippen molar-refractivity contribution in [3.63, 3.8) is 0 Å². The Bertz CT molecular complexity index is 1560. The van der Waals surface area contributed by atoms with Crippen molar-refractivity contribution in [3.05, 3.63) is 75.2 Å². The van der Waals surface area contributed by atoms with Crippen LogP contribution in [0.2, 0.25) is 0 Å². The molecule has 1 aliphatic carbocycles. The van der Waals surface area contributed by atoms with Gasteiger partial charge in [-0.3, -0.25) is 9.59 Å². The van der Waals surface area contributed by atoms with E-state index in [1.165, 1.54) is 30.2 Å². The van der Waals surface area contributed by atoms with Crippen molar-refractivity contribution in [2.75, 3.05) is 17.7 Å². The molecule has 2 atom stereocenters. The maximum Gasteiger partial charge on any atom is 0.341 e. The van der Waals surface area contributed by atoms with Gasteiger partial charge in [-0.25, -0.2) is 14.4 Å². The fourth-order valence-corrected chi connectivity index (χ4v) is 7.15. The first-order valence-electron chi connectivity index (χ1n) is 13.2. The molecule has 4 N–H and O–H groups in total. The molecule has 3 aromatic rings. The quantitative estimate of drug-likeness (QED) is 0.164. The predicted octanol–water partition coefficient (Wildman–Crippen LogP) is 5.82. The molecule has 220 valence electrons. The van der Waals surface area contributed by atoms with Gasteiger partial charge in [-0.05, 0) is 73.6 Å². The minimum Gasteiger partial charge on any atom is -0.478 e. The number of amides is 2. The number of ether oxygens (including phenoxy) is 1. The van der Waals surface area contributed by atoms with E-state index in [9.17, 15) is 29.1 Å². The molecule has 0 spiro atoms. The van der Waals surface area contributed by atoms with E-state index < -0.39 is 34.6 Å². The summed E-state index contributed by atoms with van der Waals surface area (Å²) in [4.78, 5) is 63.6. The van der Waals surface area contributed by atoms with Gasteiger partial charge >= 0.3 is 17.9 Å². The first kappa shape index (κ1) is 30.8. The van der Waals surface area contributed by atoms with Crippen molar-refractivity contribution in [2.45, 2.75) is 49.7 Å². The monoisotopic (exact) mass is 610 g/mol. The molecule has 0 radical (unpaired) electrons. The number of benzene rings is 2. The van der Waals surface area contributed by atoms with Crippen LogP contribution in [0.4, 0.5) is 10.7 Å². The lowest BCUT2D eigenvalue weighted by Gasteiger charge is -2.18. The smallest absolute Gasteiger partial charge is 0.341 e. The van der Waals surface area contributed by atoms with Crippen molar-refractivity contribution < 1.29 is 38.9 Å². The topological polar surface area (TPSA) is 159 Å². The van der Waals surface area contributed by atoms with Gasteiger partial charge in [0.1, 0.15) is 5.00 Å². The third-order valence-corrected chi connectivity index (χ3v) is 9.44. The number of fused-ring (bicyclic) bond motifs is 1. The Kier molecular flexibility index (Phi) is 9.69. The molecule has 2 amide bonds. The number of carbonyl (C=O) groups excluding carboxylic acids is 3. The number of thioether (sulfide) groups is 1. The van der Waals surface area contributed by atoms with Crippen LogP contribution in [0.1, 0.15) is 78.6 Å². The van der Waals surface area contributed by atoms with Crippen LogP contribution in [0.5, 0.6) is 0 Å². The van der Waals surface area contributed by atoms with Gasteiger partial charge < -0.3 is 25.6 Å². The average molecular weight is 611 g/mol. The largest absolute Gasteiger partial charge is 0.478 e. The van der Waals surface area contributed by atoms with Crippen molar-refractivity contribution in [3.8, 4) is 0 Å². The fraction of sp³-hybridized carbons (Fsp3) is 0.300. The van der Waals surface area contributed by atoms with Crippen LogP contribution < -0.4 is 10.6 Å². The van der Waals surface area contributed by atoms with Gasteiger partial charge in [-0.1, -0.05) is 19.9 Å². The molecular formula is C30H30N2O8S2. The van der Waals surface area contributed by atoms with Crippen LogP contribution in [-0.2, 0) is 22.4 Å². The molecule has 0 aliphatic heterocycles. The van der Waals surface area contributed by atoms with E-state index in [1.807, 2.05) is 6.92 Å². The number of carboxylic acid groups (broad SMARTS) is 2. The molecule has 2 unspecified atom stereocenters. The zero-order chi connectivity index (χ0) is 30.6. The summed E-state index contributed by atoms with van der Waals surface area (Å²) in [6.07, 6.45) is 3.06. The van der Waals surface area contributed by atoms with Crippen molar-refractivity contribution in [1.82, 2.24) is 0 Å². The highest BCUT2D eigenvalue weighted by Gasteiger charge is 2.30.